The van der Waals surface area contributed by atoms with Gasteiger partial charge in [0.15, 0.2) is 5.15 Å². The molecule has 0 saturated heterocycles. The predicted octanol–water partition coefficient (Wildman–Crippen LogP) is 4.05. The lowest BCUT2D eigenvalue weighted by atomic mass is 10.0. The number of hydrogen-bond donors (Lipinski definition) is 0. The third kappa shape index (κ3) is 1.84. The third-order valence-corrected chi connectivity index (χ3v) is 3.68. The van der Waals surface area contributed by atoms with Gasteiger partial charge < -0.3 is 0 Å². The van der Waals surface area contributed by atoms with Crippen LogP contribution >= 0.6 is 27.5 Å². The van der Waals surface area contributed by atoms with Crippen LogP contribution in [-0.2, 0) is 0 Å². The Morgan fingerprint density at radius 1 is 1.44 bits per heavy atom. The Kier molecular flexibility index (Phi) is 3.50. The average molecular weight is 303 g/mol. The van der Waals surface area contributed by atoms with E-state index in [4.69, 9.17) is 11.6 Å². The fourth-order valence-electron chi connectivity index (χ4n) is 1.93. The van der Waals surface area contributed by atoms with Crippen molar-refractivity contribution in [3.8, 4) is 0 Å². The van der Waals surface area contributed by atoms with Crippen LogP contribution in [-0.4, -0.2) is 14.4 Å². The van der Waals surface area contributed by atoms with Crippen LogP contribution < -0.4 is 0 Å². The molecule has 2 aromatic rings. The van der Waals surface area contributed by atoms with Crippen molar-refractivity contribution in [3.63, 3.8) is 0 Å². The monoisotopic (exact) mass is 301 g/mol. The number of imidazole rings is 1. The van der Waals surface area contributed by atoms with Gasteiger partial charge in [0.1, 0.15) is 15.9 Å². The van der Waals surface area contributed by atoms with Gasteiger partial charge in [-0.1, -0.05) is 25.4 Å². The molecule has 86 valence electrons. The average Bonchev–Trinajstić information content (AvgIpc) is 2.60. The molecule has 0 aromatic carbocycles. The molecule has 0 radical (unpaired) electrons. The van der Waals surface area contributed by atoms with Crippen LogP contribution in [0.3, 0.4) is 0 Å². The van der Waals surface area contributed by atoms with Crippen molar-refractivity contribution >= 4 is 33.0 Å². The third-order valence-electron chi connectivity index (χ3n) is 2.85. The van der Waals surface area contributed by atoms with Crippen molar-refractivity contribution in [3.05, 3.63) is 28.0 Å². The van der Waals surface area contributed by atoms with E-state index < -0.39 is 0 Å². The summed E-state index contributed by atoms with van der Waals surface area (Å²) in [6, 6.07) is 0. The molecule has 16 heavy (non-hydrogen) atoms. The zero-order chi connectivity index (χ0) is 11.7. The van der Waals surface area contributed by atoms with Crippen LogP contribution in [0.2, 0.25) is 5.15 Å². The molecule has 0 atom stereocenters. The standard InChI is InChI=1S/C11H13BrClN3/c1-3-7(4-2)11-15-9(12)8-10(13)14-5-6-16(8)11/h5-7H,3-4H2,1-2H3. The second-order valence-corrected chi connectivity index (χ2v) is 4.82. The molecule has 2 rings (SSSR count). The number of halogens is 2. The van der Waals surface area contributed by atoms with Crippen molar-refractivity contribution in [2.24, 2.45) is 0 Å². The first-order chi connectivity index (χ1) is 7.69. The fourth-order valence-corrected chi connectivity index (χ4v) is 2.84. The maximum Gasteiger partial charge on any atom is 0.155 e. The van der Waals surface area contributed by atoms with Crippen molar-refractivity contribution in [1.29, 1.82) is 0 Å². The zero-order valence-corrected chi connectivity index (χ0v) is 11.6. The summed E-state index contributed by atoms with van der Waals surface area (Å²) in [4.78, 5) is 8.61. The molecule has 0 unspecified atom stereocenters. The Balaban J connectivity index is 2.68. The minimum absolute atomic E-state index is 0.456. The second kappa shape index (κ2) is 4.72. The van der Waals surface area contributed by atoms with E-state index in [-0.39, 0.29) is 0 Å². The SMILES string of the molecule is CCC(CC)c1nc(Br)c2c(Cl)nccn12. The number of aromatic nitrogens is 3. The molecule has 2 heterocycles. The maximum atomic E-state index is 6.06. The summed E-state index contributed by atoms with van der Waals surface area (Å²) in [6.07, 6.45) is 5.76. The van der Waals surface area contributed by atoms with Gasteiger partial charge in [-0.05, 0) is 28.8 Å². The van der Waals surface area contributed by atoms with Gasteiger partial charge >= 0.3 is 0 Å². The van der Waals surface area contributed by atoms with Gasteiger partial charge in [0, 0.05) is 18.3 Å². The topological polar surface area (TPSA) is 30.2 Å². The lowest BCUT2D eigenvalue weighted by molar-refractivity contribution is 0.599. The van der Waals surface area contributed by atoms with E-state index in [2.05, 4.69) is 39.7 Å². The minimum Gasteiger partial charge on any atom is -0.298 e. The molecule has 0 aliphatic carbocycles. The molecule has 2 aromatic heterocycles. The second-order valence-electron chi connectivity index (χ2n) is 3.71. The summed E-state index contributed by atoms with van der Waals surface area (Å²) in [7, 11) is 0. The molecule has 0 saturated carbocycles. The summed E-state index contributed by atoms with van der Waals surface area (Å²) in [5, 5.41) is 0.485. The molecule has 5 heteroatoms. The largest absolute Gasteiger partial charge is 0.298 e. The van der Waals surface area contributed by atoms with Crippen molar-refractivity contribution in [2.75, 3.05) is 0 Å². The lowest BCUT2D eigenvalue weighted by Crippen LogP contribution is -2.02. The number of fused-ring (bicyclic) bond motifs is 1. The Hall–Kier alpha value is -0.610. The predicted molar refractivity (Wildman–Crippen MR) is 69.0 cm³/mol. The van der Waals surface area contributed by atoms with Gasteiger partial charge in [0.25, 0.3) is 0 Å². The summed E-state index contributed by atoms with van der Waals surface area (Å²) < 4.78 is 2.80. The van der Waals surface area contributed by atoms with Gasteiger partial charge in [-0.25, -0.2) is 9.97 Å². The van der Waals surface area contributed by atoms with Crippen LogP contribution in [0.5, 0.6) is 0 Å². The highest BCUT2D eigenvalue weighted by molar-refractivity contribution is 9.10. The van der Waals surface area contributed by atoms with Gasteiger partial charge in [0.2, 0.25) is 0 Å². The van der Waals surface area contributed by atoms with Crippen molar-refractivity contribution in [2.45, 2.75) is 32.6 Å². The van der Waals surface area contributed by atoms with E-state index in [0.717, 1.165) is 28.8 Å². The lowest BCUT2D eigenvalue weighted by Gasteiger charge is -2.10. The number of rotatable bonds is 3. The van der Waals surface area contributed by atoms with Crippen LogP contribution in [0.25, 0.3) is 5.52 Å². The maximum absolute atomic E-state index is 6.06. The van der Waals surface area contributed by atoms with Crippen molar-refractivity contribution in [1.82, 2.24) is 14.4 Å². The molecule has 0 aliphatic heterocycles. The fraction of sp³-hybridized carbons (Fsp3) is 0.455. The molecule has 3 nitrogen and oxygen atoms in total. The summed E-state index contributed by atoms with van der Waals surface area (Å²) in [5.74, 6) is 1.51. The highest BCUT2D eigenvalue weighted by Gasteiger charge is 2.18. The van der Waals surface area contributed by atoms with E-state index in [9.17, 15) is 0 Å². The zero-order valence-electron chi connectivity index (χ0n) is 9.24. The highest BCUT2D eigenvalue weighted by atomic mass is 79.9. The number of nitrogens with zero attached hydrogens (tertiary/aromatic N) is 3. The van der Waals surface area contributed by atoms with E-state index in [1.54, 1.807) is 6.20 Å². The molecule has 0 spiro atoms. The van der Waals surface area contributed by atoms with E-state index in [0.29, 0.717) is 11.1 Å². The van der Waals surface area contributed by atoms with Crippen LogP contribution in [0.15, 0.2) is 17.0 Å². The van der Waals surface area contributed by atoms with Gasteiger partial charge in [-0.2, -0.15) is 0 Å². The van der Waals surface area contributed by atoms with E-state index >= 15 is 0 Å². The molecule has 0 N–H and O–H groups in total. The Bertz CT molecular complexity index is 505. The summed E-state index contributed by atoms with van der Waals surface area (Å²) in [5.41, 5.74) is 0.853. The smallest absolute Gasteiger partial charge is 0.155 e. The van der Waals surface area contributed by atoms with Crippen molar-refractivity contribution < 1.29 is 0 Å². The molecule has 0 amide bonds. The molecule has 0 fully saturated rings. The highest BCUT2D eigenvalue weighted by Crippen LogP contribution is 2.30. The Morgan fingerprint density at radius 2 is 2.12 bits per heavy atom. The minimum atomic E-state index is 0.456. The number of hydrogen-bond acceptors (Lipinski definition) is 2. The van der Waals surface area contributed by atoms with Crippen LogP contribution in [0, 0.1) is 0 Å². The van der Waals surface area contributed by atoms with E-state index in [1.165, 1.54) is 0 Å². The Morgan fingerprint density at radius 3 is 2.75 bits per heavy atom. The van der Waals surface area contributed by atoms with Crippen LogP contribution in [0.4, 0.5) is 0 Å². The van der Waals surface area contributed by atoms with Gasteiger partial charge in [0.05, 0.1) is 0 Å². The summed E-state index contributed by atoms with van der Waals surface area (Å²) in [6.45, 7) is 4.35. The normalized spacial score (nSPS) is 11.6. The van der Waals surface area contributed by atoms with Gasteiger partial charge in [-0.15, -0.1) is 0 Å². The van der Waals surface area contributed by atoms with E-state index in [1.807, 2.05) is 10.6 Å². The molecular formula is C11H13BrClN3. The molecule has 0 aliphatic rings. The molecular weight excluding hydrogens is 289 g/mol. The quantitative estimate of drug-likeness (QED) is 0.856. The molecule has 0 bridgehead atoms. The first-order valence-corrected chi connectivity index (χ1v) is 6.54. The van der Waals surface area contributed by atoms with Gasteiger partial charge in [-0.3, -0.25) is 4.40 Å². The van der Waals surface area contributed by atoms with Crippen LogP contribution in [0.1, 0.15) is 38.4 Å². The first kappa shape index (κ1) is 11.9. The summed E-state index contributed by atoms with van der Waals surface area (Å²) >= 11 is 9.50. The Labute approximate surface area is 108 Å². The first-order valence-electron chi connectivity index (χ1n) is 5.37.